The van der Waals surface area contributed by atoms with E-state index in [0.29, 0.717) is 46.0 Å². The quantitative estimate of drug-likeness (QED) is 0.331. The summed E-state index contributed by atoms with van der Waals surface area (Å²) in [6.07, 6.45) is 8.61. The minimum atomic E-state index is -0.390. The molecule has 0 fully saturated rings. The highest BCUT2D eigenvalue weighted by atomic mass is 19.1. The highest BCUT2D eigenvalue weighted by Gasteiger charge is 2.17. The maximum atomic E-state index is 14.5. The number of ether oxygens (including phenoxy) is 1. The molecule has 2 N–H and O–H groups in total. The van der Waals surface area contributed by atoms with Crippen LogP contribution in [0.4, 0.5) is 4.39 Å². The lowest BCUT2D eigenvalue weighted by molar-refractivity contribution is 0.260. The predicted molar refractivity (Wildman–Crippen MR) is 139 cm³/mol. The molecule has 0 aliphatic heterocycles. The molecule has 5 aromatic heterocycles. The Morgan fingerprint density at radius 2 is 1.89 bits per heavy atom. The number of pyridine rings is 3. The van der Waals surface area contributed by atoms with E-state index in [2.05, 4.69) is 30.1 Å². The number of rotatable bonds is 7. The molecule has 0 radical (unpaired) electrons. The number of benzene rings is 1. The van der Waals surface area contributed by atoms with Crippen LogP contribution < -0.4 is 4.74 Å². The zero-order chi connectivity index (χ0) is 25.4. The van der Waals surface area contributed by atoms with Gasteiger partial charge >= 0.3 is 0 Å². The Labute approximate surface area is 211 Å². The number of fused-ring (bicyclic) bond motifs is 2. The summed E-state index contributed by atoms with van der Waals surface area (Å²) in [5, 5.41) is 8.39. The highest BCUT2D eigenvalue weighted by Crippen LogP contribution is 2.33. The molecule has 5 heterocycles. The maximum absolute atomic E-state index is 14.5. The van der Waals surface area contributed by atoms with Gasteiger partial charge in [0.2, 0.25) is 0 Å². The maximum Gasteiger partial charge on any atom is 0.159 e. The van der Waals surface area contributed by atoms with Gasteiger partial charge in [-0.15, -0.1) is 0 Å². The fraction of sp³-hybridized carbons (Fsp3) is 0.148. The Kier molecular flexibility index (Phi) is 5.78. The molecule has 1 aromatic carbocycles. The molecule has 10 heteroatoms. The molecule has 0 saturated heterocycles. The predicted octanol–water partition coefficient (Wildman–Crippen LogP) is 4.70. The molecule has 184 valence electrons. The van der Waals surface area contributed by atoms with Crippen molar-refractivity contribution in [3.8, 4) is 39.7 Å². The van der Waals surface area contributed by atoms with Gasteiger partial charge < -0.3 is 14.6 Å². The van der Waals surface area contributed by atoms with Gasteiger partial charge in [-0.05, 0) is 50.0 Å². The third-order valence-corrected chi connectivity index (χ3v) is 6.01. The molecule has 6 rings (SSSR count). The topological polar surface area (TPSA) is 108 Å². The molecule has 0 aliphatic rings. The molecule has 0 aliphatic carbocycles. The summed E-state index contributed by atoms with van der Waals surface area (Å²) in [5.74, 6) is 0.634. The van der Waals surface area contributed by atoms with Crippen molar-refractivity contribution >= 4 is 21.9 Å². The van der Waals surface area contributed by atoms with Crippen LogP contribution in [-0.2, 0) is 0 Å². The molecule has 0 unspecified atom stereocenters. The second-order valence-electron chi connectivity index (χ2n) is 8.93. The van der Waals surface area contributed by atoms with Gasteiger partial charge in [0, 0.05) is 47.7 Å². The van der Waals surface area contributed by atoms with Gasteiger partial charge in [0.05, 0.1) is 34.6 Å². The summed E-state index contributed by atoms with van der Waals surface area (Å²) in [5.41, 5.74) is 5.81. The number of likely N-dealkylation sites (N-methyl/N-ethyl adjacent to an activating group) is 1. The molecule has 0 amide bonds. The van der Waals surface area contributed by atoms with E-state index in [0.717, 1.165) is 28.7 Å². The summed E-state index contributed by atoms with van der Waals surface area (Å²) in [4.78, 5) is 23.2. The van der Waals surface area contributed by atoms with E-state index in [-0.39, 0.29) is 5.82 Å². The van der Waals surface area contributed by atoms with Gasteiger partial charge in [-0.3, -0.25) is 20.1 Å². The molecule has 0 bridgehead atoms. The summed E-state index contributed by atoms with van der Waals surface area (Å²) in [7, 11) is 3.92. The van der Waals surface area contributed by atoms with Crippen LogP contribution in [0.3, 0.4) is 0 Å². The average Bonchev–Trinajstić information content (AvgIpc) is 3.52. The van der Waals surface area contributed by atoms with Crippen molar-refractivity contribution in [3.05, 3.63) is 73.2 Å². The van der Waals surface area contributed by atoms with E-state index in [1.807, 2.05) is 37.2 Å². The van der Waals surface area contributed by atoms with Gasteiger partial charge in [-0.2, -0.15) is 5.10 Å². The number of aromatic nitrogens is 7. The highest BCUT2D eigenvalue weighted by molar-refractivity contribution is 5.97. The third-order valence-electron chi connectivity index (χ3n) is 6.01. The average molecular weight is 495 g/mol. The summed E-state index contributed by atoms with van der Waals surface area (Å²) in [6, 6.07) is 10.4. The van der Waals surface area contributed by atoms with Gasteiger partial charge in [-0.25, -0.2) is 9.37 Å². The smallest absolute Gasteiger partial charge is 0.159 e. The van der Waals surface area contributed by atoms with Crippen LogP contribution >= 0.6 is 0 Å². The Hall–Kier alpha value is -4.70. The van der Waals surface area contributed by atoms with E-state index >= 15 is 0 Å². The van der Waals surface area contributed by atoms with Gasteiger partial charge in [0.1, 0.15) is 23.9 Å². The fourth-order valence-electron chi connectivity index (χ4n) is 4.17. The lowest BCUT2D eigenvalue weighted by Gasteiger charge is -2.12. The van der Waals surface area contributed by atoms with Crippen molar-refractivity contribution in [2.24, 2.45) is 0 Å². The van der Waals surface area contributed by atoms with Crippen LogP contribution in [0.25, 0.3) is 55.8 Å². The fourth-order valence-corrected chi connectivity index (χ4v) is 4.17. The minimum Gasteiger partial charge on any atom is -0.492 e. The number of hydrogen-bond acceptors (Lipinski definition) is 7. The number of halogens is 1. The van der Waals surface area contributed by atoms with Crippen LogP contribution in [0.2, 0.25) is 0 Å². The summed E-state index contributed by atoms with van der Waals surface area (Å²) >= 11 is 0. The number of aromatic amines is 2. The second-order valence-corrected chi connectivity index (χ2v) is 8.93. The Morgan fingerprint density at radius 1 is 0.973 bits per heavy atom. The lowest BCUT2D eigenvalue weighted by Crippen LogP contribution is -2.19. The van der Waals surface area contributed by atoms with Crippen LogP contribution in [0.15, 0.2) is 67.4 Å². The van der Waals surface area contributed by atoms with Crippen LogP contribution in [0.1, 0.15) is 0 Å². The summed E-state index contributed by atoms with van der Waals surface area (Å²) in [6.45, 7) is 1.17. The molecular weight excluding hydrogens is 471 g/mol. The molecule has 0 saturated carbocycles. The molecule has 0 spiro atoms. The van der Waals surface area contributed by atoms with Crippen LogP contribution in [-0.4, -0.2) is 67.3 Å². The first-order chi connectivity index (χ1) is 18.0. The SMILES string of the molecule is CN(C)CCOc1cc(F)cc(-c2cncc3[nH]c(-c4n[nH]c5cnc(-c6cccnc6)cc45)nc23)c1. The van der Waals surface area contributed by atoms with E-state index in [1.54, 1.807) is 37.1 Å². The minimum absolute atomic E-state index is 0.390. The number of nitrogens with one attached hydrogen (secondary N) is 2. The number of imidazole rings is 1. The van der Waals surface area contributed by atoms with E-state index < -0.39 is 0 Å². The van der Waals surface area contributed by atoms with Gasteiger partial charge in [-0.1, -0.05) is 0 Å². The second kappa shape index (κ2) is 9.40. The Bertz CT molecular complexity index is 1710. The first-order valence-corrected chi connectivity index (χ1v) is 11.7. The zero-order valence-corrected chi connectivity index (χ0v) is 20.2. The van der Waals surface area contributed by atoms with Crippen molar-refractivity contribution in [3.63, 3.8) is 0 Å². The van der Waals surface area contributed by atoms with Crippen molar-refractivity contribution in [1.82, 2.24) is 40.0 Å². The largest absolute Gasteiger partial charge is 0.492 e. The molecule has 9 nitrogen and oxygen atoms in total. The Balaban J connectivity index is 1.41. The first kappa shape index (κ1) is 22.7. The first-order valence-electron chi connectivity index (χ1n) is 11.7. The molecule has 6 aromatic rings. The number of H-pyrrole nitrogens is 2. The van der Waals surface area contributed by atoms with E-state index in [4.69, 9.17) is 9.72 Å². The van der Waals surface area contributed by atoms with Crippen molar-refractivity contribution in [1.29, 1.82) is 0 Å². The van der Waals surface area contributed by atoms with Gasteiger partial charge in [0.25, 0.3) is 0 Å². The monoisotopic (exact) mass is 494 g/mol. The van der Waals surface area contributed by atoms with Gasteiger partial charge in [0.15, 0.2) is 5.82 Å². The van der Waals surface area contributed by atoms with Crippen LogP contribution in [0, 0.1) is 5.82 Å². The normalized spacial score (nSPS) is 11.6. The molecular formula is C27H23FN8O. The van der Waals surface area contributed by atoms with E-state index in [9.17, 15) is 4.39 Å². The van der Waals surface area contributed by atoms with Crippen LogP contribution in [0.5, 0.6) is 5.75 Å². The number of hydrogen-bond donors (Lipinski definition) is 2. The van der Waals surface area contributed by atoms with Crippen molar-refractivity contribution < 1.29 is 9.13 Å². The lowest BCUT2D eigenvalue weighted by atomic mass is 10.1. The number of nitrogens with zero attached hydrogens (tertiary/aromatic N) is 6. The summed E-state index contributed by atoms with van der Waals surface area (Å²) < 4.78 is 20.3. The molecule has 0 atom stereocenters. The van der Waals surface area contributed by atoms with Crippen molar-refractivity contribution in [2.45, 2.75) is 0 Å². The molecule has 37 heavy (non-hydrogen) atoms. The third kappa shape index (κ3) is 4.50. The standard InChI is InChI=1S/C27H23FN8O/c1-36(2)6-7-37-19-9-17(8-18(28)10-19)21-13-30-14-24-25(21)33-27(32-24)26-20-11-22(16-4-3-5-29-12-16)31-15-23(20)34-35-26/h3-5,8-15H,6-7H2,1-2H3,(H,32,33)(H,34,35). The van der Waals surface area contributed by atoms with Crippen molar-refractivity contribution in [2.75, 3.05) is 27.2 Å². The Morgan fingerprint density at radius 3 is 2.73 bits per heavy atom. The zero-order valence-electron chi connectivity index (χ0n) is 20.2. The van der Waals surface area contributed by atoms with E-state index in [1.165, 1.54) is 12.1 Å².